The number of allylic oxidation sites excluding steroid dienone is 2. The van der Waals surface area contributed by atoms with Gasteiger partial charge in [0.05, 0.1) is 6.54 Å². The number of quaternary nitrogens is 1. The topological polar surface area (TPSA) is 112 Å². The Hall–Kier alpha value is -1.89. The molecule has 3 atom stereocenters. The van der Waals surface area contributed by atoms with Gasteiger partial charge < -0.3 is 15.3 Å². The van der Waals surface area contributed by atoms with E-state index in [0.29, 0.717) is 32.1 Å². The number of carbonyl (C=O) groups is 3. The molecule has 0 aromatic carbocycles. The van der Waals surface area contributed by atoms with Crippen molar-refractivity contribution in [1.29, 1.82) is 0 Å². The lowest BCUT2D eigenvalue weighted by atomic mass is 9.91. The van der Waals surface area contributed by atoms with Gasteiger partial charge in [-0.05, 0) is 38.5 Å². The highest BCUT2D eigenvalue weighted by Crippen LogP contribution is 2.34. The Labute approximate surface area is 219 Å². The number of rotatable bonds is 24. The molecule has 0 heterocycles. The highest BCUT2D eigenvalue weighted by Gasteiger charge is 2.56. The molecule has 0 radical (unpaired) electrons. The van der Waals surface area contributed by atoms with Crippen LogP contribution in [0.3, 0.4) is 0 Å². The first-order valence-electron chi connectivity index (χ1n) is 14.4. The third-order valence-corrected chi connectivity index (χ3v) is 7.34. The maximum atomic E-state index is 12.5. The molecule has 7 nitrogen and oxygen atoms in total. The Morgan fingerprint density at radius 2 is 0.917 bits per heavy atom. The third kappa shape index (κ3) is 11.4. The van der Waals surface area contributed by atoms with E-state index >= 15 is 0 Å². The van der Waals surface area contributed by atoms with Crippen molar-refractivity contribution in [1.82, 2.24) is 0 Å². The van der Waals surface area contributed by atoms with Crippen molar-refractivity contribution in [2.45, 2.75) is 149 Å². The number of carboxylic acids is 3. The lowest BCUT2D eigenvalue weighted by Crippen LogP contribution is -2.72. The Kier molecular flexibility index (Phi) is 19.1. The minimum atomic E-state index is -1.10. The number of unbranched alkanes of at least 4 members (excludes halogenated alkanes) is 8. The van der Waals surface area contributed by atoms with E-state index in [-0.39, 0.29) is 25.8 Å². The fraction of sp³-hybridized carbons (Fsp3) is 0.828. The number of carboxylic acid groups (broad SMARTS) is 3. The van der Waals surface area contributed by atoms with Crippen LogP contribution in [0.2, 0.25) is 0 Å². The Morgan fingerprint density at radius 3 is 1.28 bits per heavy atom. The van der Waals surface area contributed by atoms with Crippen LogP contribution in [0.5, 0.6) is 0 Å². The first kappa shape index (κ1) is 34.1. The summed E-state index contributed by atoms with van der Waals surface area (Å²) < 4.78 is -0.402. The average molecular weight is 513 g/mol. The highest BCUT2D eigenvalue weighted by molar-refractivity contribution is 5.78. The molecule has 0 saturated carbocycles. The second-order valence-electron chi connectivity index (χ2n) is 10.2. The van der Waals surface area contributed by atoms with E-state index in [2.05, 4.69) is 19.1 Å². The number of hydrogen-bond donors (Lipinski definition) is 3. The summed E-state index contributed by atoms with van der Waals surface area (Å²) in [7, 11) is 0. The molecule has 0 bridgehead atoms. The largest absolute Gasteiger partial charge is 0.477 e. The molecule has 7 heteroatoms. The van der Waals surface area contributed by atoms with Crippen LogP contribution < -0.4 is 0 Å². The van der Waals surface area contributed by atoms with E-state index in [0.717, 1.165) is 12.8 Å². The highest BCUT2D eigenvalue weighted by atomic mass is 16.4. The lowest BCUT2D eigenvalue weighted by Gasteiger charge is -2.50. The van der Waals surface area contributed by atoms with Crippen LogP contribution in [-0.2, 0) is 14.4 Å². The SMILES string of the molecule is CCCCCCCCC/C=C/CCC[N+](C(CCC)C(=O)O)(C(CCC)C(=O)O)C(CCC)C(=O)O. The Bertz CT molecular complexity index is 588. The third-order valence-electron chi connectivity index (χ3n) is 7.34. The molecule has 0 rings (SSSR count). The predicted molar refractivity (Wildman–Crippen MR) is 145 cm³/mol. The maximum absolute atomic E-state index is 12.5. The second kappa shape index (κ2) is 20.2. The van der Waals surface area contributed by atoms with E-state index < -0.39 is 40.5 Å². The van der Waals surface area contributed by atoms with E-state index in [9.17, 15) is 29.7 Å². The minimum absolute atomic E-state index is 0.229. The molecule has 0 aliphatic rings. The van der Waals surface area contributed by atoms with Gasteiger partial charge in [0.2, 0.25) is 0 Å². The van der Waals surface area contributed by atoms with Gasteiger partial charge in [0.15, 0.2) is 18.1 Å². The van der Waals surface area contributed by atoms with Crippen molar-refractivity contribution < 1.29 is 34.2 Å². The second-order valence-corrected chi connectivity index (χ2v) is 10.2. The molecule has 0 aromatic heterocycles. The molecule has 36 heavy (non-hydrogen) atoms. The van der Waals surface area contributed by atoms with Gasteiger partial charge in [0.1, 0.15) is 0 Å². The van der Waals surface area contributed by atoms with Crippen molar-refractivity contribution >= 4 is 17.9 Å². The summed E-state index contributed by atoms with van der Waals surface area (Å²) in [5.74, 6) is -3.30. The minimum Gasteiger partial charge on any atom is -0.477 e. The van der Waals surface area contributed by atoms with E-state index in [1.165, 1.54) is 38.5 Å². The van der Waals surface area contributed by atoms with Crippen LogP contribution in [0, 0.1) is 0 Å². The summed E-state index contributed by atoms with van der Waals surface area (Å²) in [4.78, 5) is 37.5. The van der Waals surface area contributed by atoms with Crippen LogP contribution in [-0.4, -0.2) is 62.4 Å². The quantitative estimate of drug-likeness (QED) is 0.0726. The average Bonchev–Trinajstić information content (AvgIpc) is 2.83. The van der Waals surface area contributed by atoms with Crippen molar-refractivity contribution in [2.24, 2.45) is 0 Å². The van der Waals surface area contributed by atoms with Crippen molar-refractivity contribution in [3.8, 4) is 0 Å². The summed E-state index contributed by atoms with van der Waals surface area (Å²) >= 11 is 0. The molecule has 0 spiro atoms. The molecule has 0 aliphatic carbocycles. The smallest absolute Gasteiger partial charge is 0.362 e. The summed E-state index contributed by atoms with van der Waals surface area (Å²) in [5, 5.41) is 30.6. The molecule has 0 aromatic rings. The number of nitrogens with zero attached hydrogens (tertiary/aromatic N) is 1. The van der Waals surface area contributed by atoms with Crippen LogP contribution in [0.15, 0.2) is 12.2 Å². The normalized spacial score (nSPS) is 15.9. The zero-order chi connectivity index (χ0) is 27.4. The van der Waals surface area contributed by atoms with Crippen molar-refractivity contribution in [3.05, 3.63) is 12.2 Å². The Morgan fingerprint density at radius 1 is 0.556 bits per heavy atom. The van der Waals surface area contributed by atoms with Gasteiger partial charge in [0, 0.05) is 25.7 Å². The molecule has 0 saturated heterocycles. The molecular formula is C29H54NO6+. The summed E-state index contributed by atoms with van der Waals surface area (Å²) in [6.07, 6.45) is 17.7. The van der Waals surface area contributed by atoms with E-state index in [1.807, 2.05) is 20.8 Å². The fourth-order valence-corrected chi connectivity index (χ4v) is 5.59. The zero-order valence-electron chi connectivity index (χ0n) is 23.4. The van der Waals surface area contributed by atoms with Crippen LogP contribution in [0.1, 0.15) is 130 Å². The van der Waals surface area contributed by atoms with Gasteiger partial charge in [-0.2, -0.15) is 0 Å². The van der Waals surface area contributed by atoms with Gasteiger partial charge in [-0.3, -0.25) is 4.48 Å². The molecule has 210 valence electrons. The summed E-state index contributed by atoms with van der Waals surface area (Å²) in [6.45, 7) is 8.04. The molecule has 0 amide bonds. The first-order valence-corrected chi connectivity index (χ1v) is 14.4. The Balaban J connectivity index is 5.68. The van der Waals surface area contributed by atoms with Gasteiger partial charge >= 0.3 is 17.9 Å². The monoisotopic (exact) mass is 512 g/mol. The van der Waals surface area contributed by atoms with Crippen molar-refractivity contribution in [2.75, 3.05) is 6.54 Å². The molecule has 0 aliphatic heterocycles. The van der Waals surface area contributed by atoms with Gasteiger partial charge in [-0.1, -0.05) is 78.4 Å². The fourth-order valence-electron chi connectivity index (χ4n) is 5.59. The van der Waals surface area contributed by atoms with E-state index in [4.69, 9.17) is 0 Å². The standard InChI is InChI=1S/C29H53NO6/c1-5-9-10-11-12-13-14-15-16-17-18-19-23-30(24(20-6-2)27(31)32,25(21-7-3)28(33)34)26(22-8-4)29(35)36/h16-17,24-26H,5-15,18-23H2,1-4H3,(H2-,31,32,33,34,35,36)/p+1/b17-16+. The predicted octanol–water partition coefficient (Wildman–Crippen LogP) is 7.04. The zero-order valence-corrected chi connectivity index (χ0v) is 23.4. The van der Waals surface area contributed by atoms with Gasteiger partial charge in [0.25, 0.3) is 0 Å². The van der Waals surface area contributed by atoms with Crippen LogP contribution >= 0.6 is 0 Å². The first-order chi connectivity index (χ1) is 17.2. The molecule has 0 fully saturated rings. The number of aliphatic carboxylic acids is 3. The number of hydrogen-bond acceptors (Lipinski definition) is 3. The van der Waals surface area contributed by atoms with E-state index in [1.54, 1.807) is 0 Å². The van der Waals surface area contributed by atoms with Crippen molar-refractivity contribution in [3.63, 3.8) is 0 Å². The van der Waals surface area contributed by atoms with Gasteiger partial charge in [-0.15, -0.1) is 0 Å². The molecular weight excluding hydrogens is 458 g/mol. The maximum Gasteiger partial charge on any atom is 0.362 e. The lowest BCUT2D eigenvalue weighted by molar-refractivity contribution is -0.973. The molecule has 3 N–H and O–H groups in total. The van der Waals surface area contributed by atoms with Crippen LogP contribution in [0.4, 0.5) is 0 Å². The van der Waals surface area contributed by atoms with Crippen LogP contribution in [0.25, 0.3) is 0 Å². The molecule has 3 unspecified atom stereocenters. The summed E-state index contributed by atoms with van der Waals surface area (Å²) in [6, 6.07) is -3.19. The summed E-state index contributed by atoms with van der Waals surface area (Å²) in [5.41, 5.74) is 0. The van der Waals surface area contributed by atoms with Gasteiger partial charge in [-0.25, -0.2) is 14.4 Å².